The number of H-pyrrole nitrogens is 1. The fourth-order valence-corrected chi connectivity index (χ4v) is 2.31. The van der Waals surface area contributed by atoms with Gasteiger partial charge in [0.25, 0.3) is 0 Å². The summed E-state index contributed by atoms with van der Waals surface area (Å²) in [5.74, 6) is 0. The molecule has 0 atom stereocenters. The number of carbonyl (C=O) groups excluding carboxylic acids is 1. The van der Waals surface area contributed by atoms with Crippen LogP contribution in [0.1, 0.15) is 11.3 Å². The fourth-order valence-electron chi connectivity index (χ4n) is 2.31. The van der Waals surface area contributed by atoms with Gasteiger partial charge in [-0.2, -0.15) is 0 Å². The third-order valence-electron chi connectivity index (χ3n) is 3.54. The summed E-state index contributed by atoms with van der Waals surface area (Å²) in [4.78, 5) is 19.3. The van der Waals surface area contributed by atoms with Gasteiger partial charge in [-0.05, 0) is 24.6 Å². The quantitative estimate of drug-likeness (QED) is 0.687. The Morgan fingerprint density at radius 2 is 1.83 bits per heavy atom. The summed E-state index contributed by atoms with van der Waals surface area (Å²) in [6.45, 7) is 2.47. The Hall–Kier alpha value is -3.08. The van der Waals surface area contributed by atoms with E-state index >= 15 is 0 Å². The summed E-state index contributed by atoms with van der Waals surface area (Å²) in [5.41, 5.74) is 4.76. The minimum atomic E-state index is -0.224. The van der Waals surface area contributed by atoms with Gasteiger partial charge in [0, 0.05) is 23.5 Å². The number of anilines is 1. The van der Waals surface area contributed by atoms with E-state index in [9.17, 15) is 4.79 Å². The molecule has 0 bridgehead atoms. The number of aromatic amines is 1. The lowest BCUT2D eigenvalue weighted by atomic mass is 10.1. The lowest BCUT2D eigenvalue weighted by molar-refractivity contribution is 0.251. The van der Waals surface area contributed by atoms with Gasteiger partial charge in [0.2, 0.25) is 0 Å². The first-order chi connectivity index (χ1) is 11.2. The molecule has 0 aliphatic heterocycles. The average Bonchev–Trinajstić information content (AvgIpc) is 3.01. The van der Waals surface area contributed by atoms with E-state index in [2.05, 4.69) is 20.6 Å². The Morgan fingerprint density at radius 1 is 1.09 bits per heavy atom. The third kappa shape index (κ3) is 3.77. The maximum Gasteiger partial charge on any atom is 0.319 e. The van der Waals surface area contributed by atoms with Crippen molar-refractivity contribution in [1.82, 2.24) is 15.3 Å². The van der Waals surface area contributed by atoms with E-state index in [1.54, 1.807) is 6.33 Å². The zero-order chi connectivity index (χ0) is 16.1. The zero-order valence-corrected chi connectivity index (χ0v) is 12.8. The predicted octanol–water partition coefficient (Wildman–Crippen LogP) is 3.71. The molecule has 23 heavy (non-hydrogen) atoms. The van der Waals surface area contributed by atoms with Crippen molar-refractivity contribution in [3.05, 3.63) is 72.2 Å². The second-order valence-electron chi connectivity index (χ2n) is 5.25. The van der Waals surface area contributed by atoms with E-state index in [4.69, 9.17) is 0 Å². The van der Waals surface area contributed by atoms with E-state index in [0.717, 1.165) is 28.2 Å². The summed E-state index contributed by atoms with van der Waals surface area (Å²) in [7, 11) is 0. The first-order valence-electron chi connectivity index (χ1n) is 7.41. The van der Waals surface area contributed by atoms with Gasteiger partial charge in [0.15, 0.2) is 0 Å². The highest BCUT2D eigenvalue weighted by atomic mass is 16.2. The van der Waals surface area contributed by atoms with Crippen molar-refractivity contribution in [2.45, 2.75) is 13.5 Å². The van der Waals surface area contributed by atoms with Gasteiger partial charge in [-0.25, -0.2) is 9.78 Å². The molecular formula is C18H18N4O. The normalized spacial score (nSPS) is 10.3. The monoisotopic (exact) mass is 306 g/mol. The molecule has 0 aliphatic carbocycles. The number of aryl methyl sites for hydroxylation is 1. The third-order valence-corrected chi connectivity index (χ3v) is 3.54. The van der Waals surface area contributed by atoms with Crippen molar-refractivity contribution in [3.8, 4) is 11.3 Å². The molecule has 3 aromatic rings. The minimum Gasteiger partial charge on any atom is -0.348 e. The van der Waals surface area contributed by atoms with Crippen molar-refractivity contribution < 1.29 is 4.79 Å². The van der Waals surface area contributed by atoms with Crippen LogP contribution in [-0.4, -0.2) is 16.0 Å². The number of amides is 2. The highest BCUT2D eigenvalue weighted by Gasteiger charge is 2.05. The van der Waals surface area contributed by atoms with Crippen LogP contribution in [0.15, 0.2) is 60.9 Å². The molecule has 3 N–H and O–H groups in total. The fraction of sp³-hybridized carbons (Fsp3) is 0.111. The molecule has 0 unspecified atom stereocenters. The Labute approximate surface area is 134 Å². The second-order valence-corrected chi connectivity index (χ2v) is 5.25. The van der Waals surface area contributed by atoms with Crippen molar-refractivity contribution >= 4 is 11.7 Å². The van der Waals surface area contributed by atoms with E-state index in [1.165, 1.54) is 0 Å². The number of rotatable bonds is 4. The summed E-state index contributed by atoms with van der Waals surface area (Å²) in [5, 5.41) is 5.65. The van der Waals surface area contributed by atoms with Crippen LogP contribution in [-0.2, 0) is 6.54 Å². The van der Waals surface area contributed by atoms with Crippen LogP contribution in [0.5, 0.6) is 0 Å². The maximum atomic E-state index is 11.9. The summed E-state index contributed by atoms with van der Waals surface area (Å²) < 4.78 is 0. The predicted molar refractivity (Wildman–Crippen MR) is 91.1 cm³/mol. The number of hydrogen-bond donors (Lipinski definition) is 3. The summed E-state index contributed by atoms with van der Waals surface area (Å²) in [6.07, 6.45) is 1.67. The molecule has 0 saturated carbocycles. The average molecular weight is 306 g/mol. The smallest absolute Gasteiger partial charge is 0.319 e. The van der Waals surface area contributed by atoms with Gasteiger partial charge in [-0.3, -0.25) is 0 Å². The van der Waals surface area contributed by atoms with Gasteiger partial charge < -0.3 is 15.6 Å². The Bertz CT molecular complexity index is 778. The van der Waals surface area contributed by atoms with Crippen LogP contribution < -0.4 is 10.6 Å². The van der Waals surface area contributed by atoms with Crippen molar-refractivity contribution in [2.24, 2.45) is 0 Å². The largest absolute Gasteiger partial charge is 0.348 e. The molecule has 116 valence electrons. The van der Waals surface area contributed by atoms with E-state index in [0.29, 0.717) is 6.54 Å². The number of aromatic nitrogens is 2. The number of urea groups is 1. The van der Waals surface area contributed by atoms with Crippen LogP contribution in [0, 0.1) is 6.92 Å². The molecule has 2 amide bonds. The van der Waals surface area contributed by atoms with Crippen molar-refractivity contribution in [3.63, 3.8) is 0 Å². The zero-order valence-electron chi connectivity index (χ0n) is 12.8. The van der Waals surface area contributed by atoms with Crippen molar-refractivity contribution in [2.75, 3.05) is 5.32 Å². The molecular weight excluding hydrogens is 288 g/mol. The Morgan fingerprint density at radius 3 is 2.48 bits per heavy atom. The van der Waals surface area contributed by atoms with Gasteiger partial charge in [0.05, 0.1) is 12.0 Å². The SMILES string of the molecule is Cc1[nH]cnc1-c1ccc(NC(=O)NCc2ccccc2)cc1. The summed E-state index contributed by atoms with van der Waals surface area (Å²) >= 11 is 0. The lowest BCUT2D eigenvalue weighted by Crippen LogP contribution is -2.28. The Kier molecular flexibility index (Phi) is 4.38. The molecule has 0 radical (unpaired) electrons. The van der Waals surface area contributed by atoms with Crippen LogP contribution in [0.25, 0.3) is 11.3 Å². The minimum absolute atomic E-state index is 0.224. The molecule has 5 heteroatoms. The Balaban J connectivity index is 1.58. The number of nitrogens with one attached hydrogen (secondary N) is 3. The molecule has 2 aromatic carbocycles. The first kappa shape index (κ1) is 14.8. The van der Waals surface area contributed by atoms with Gasteiger partial charge in [-0.1, -0.05) is 42.5 Å². The topological polar surface area (TPSA) is 69.8 Å². The van der Waals surface area contributed by atoms with Crippen LogP contribution in [0.3, 0.4) is 0 Å². The van der Waals surface area contributed by atoms with Crippen molar-refractivity contribution in [1.29, 1.82) is 0 Å². The maximum absolute atomic E-state index is 11.9. The number of carbonyl (C=O) groups is 1. The van der Waals surface area contributed by atoms with Gasteiger partial charge >= 0.3 is 6.03 Å². The van der Waals surface area contributed by atoms with Crippen LogP contribution in [0.4, 0.5) is 10.5 Å². The molecule has 5 nitrogen and oxygen atoms in total. The first-order valence-corrected chi connectivity index (χ1v) is 7.41. The molecule has 0 fully saturated rings. The highest BCUT2D eigenvalue weighted by Crippen LogP contribution is 2.21. The molecule has 1 aromatic heterocycles. The number of hydrogen-bond acceptors (Lipinski definition) is 2. The van der Waals surface area contributed by atoms with E-state index in [1.807, 2.05) is 61.5 Å². The number of imidazole rings is 1. The molecule has 1 heterocycles. The molecule has 3 rings (SSSR count). The molecule has 0 spiro atoms. The molecule has 0 aliphatic rings. The van der Waals surface area contributed by atoms with E-state index in [-0.39, 0.29) is 6.03 Å². The molecule has 0 saturated heterocycles. The number of nitrogens with zero attached hydrogens (tertiary/aromatic N) is 1. The van der Waals surface area contributed by atoms with Crippen LogP contribution in [0.2, 0.25) is 0 Å². The second kappa shape index (κ2) is 6.79. The van der Waals surface area contributed by atoms with Crippen LogP contribution >= 0.6 is 0 Å². The van der Waals surface area contributed by atoms with Gasteiger partial charge in [-0.15, -0.1) is 0 Å². The highest BCUT2D eigenvalue weighted by molar-refractivity contribution is 5.89. The summed E-state index contributed by atoms with van der Waals surface area (Å²) in [6, 6.07) is 17.2. The number of benzene rings is 2. The van der Waals surface area contributed by atoms with E-state index < -0.39 is 0 Å². The standard InChI is InChI=1S/C18H18N4O/c1-13-17(21-12-20-13)15-7-9-16(10-8-15)22-18(23)19-11-14-5-3-2-4-6-14/h2-10,12H,11H2,1H3,(H,20,21)(H2,19,22,23). The van der Waals surface area contributed by atoms with Gasteiger partial charge in [0.1, 0.15) is 0 Å². The lowest BCUT2D eigenvalue weighted by Gasteiger charge is -2.08.